The highest BCUT2D eigenvalue weighted by atomic mass is 32.2. The molecule has 1 aromatic heterocycles. The van der Waals surface area contributed by atoms with Crippen LogP contribution in [-0.2, 0) is 33.6 Å². The number of methoxy groups -OCH3 is 2. The summed E-state index contributed by atoms with van der Waals surface area (Å²) in [5, 5.41) is 20.6. The number of ether oxygens (including phenoxy) is 3. The van der Waals surface area contributed by atoms with Crippen molar-refractivity contribution in [1.82, 2.24) is 4.98 Å². The third kappa shape index (κ3) is 12.4. The second-order valence-corrected chi connectivity index (χ2v) is 11.8. The lowest BCUT2D eigenvalue weighted by molar-refractivity contribution is -0.139. The predicted molar refractivity (Wildman–Crippen MR) is 173 cm³/mol. The van der Waals surface area contributed by atoms with Crippen molar-refractivity contribution in [2.45, 2.75) is 75.2 Å². The van der Waals surface area contributed by atoms with Gasteiger partial charge in [-0.3, -0.25) is 4.79 Å². The van der Waals surface area contributed by atoms with Crippen LogP contribution in [0.3, 0.4) is 0 Å². The molecule has 0 radical (unpaired) electrons. The van der Waals surface area contributed by atoms with E-state index in [-0.39, 0.29) is 12.4 Å². The highest BCUT2D eigenvalue weighted by molar-refractivity contribution is 7.99. The van der Waals surface area contributed by atoms with Gasteiger partial charge in [0.2, 0.25) is 0 Å². The van der Waals surface area contributed by atoms with Crippen molar-refractivity contribution < 1.29 is 34.0 Å². The Balaban J connectivity index is 1.46. The fourth-order valence-corrected chi connectivity index (χ4v) is 5.52. The first kappa shape index (κ1) is 34.7. The van der Waals surface area contributed by atoms with E-state index in [9.17, 15) is 19.8 Å². The number of carboxylic acids is 1. The van der Waals surface area contributed by atoms with E-state index in [2.05, 4.69) is 17.1 Å². The van der Waals surface area contributed by atoms with E-state index in [0.29, 0.717) is 35.1 Å². The molecule has 0 aliphatic carbocycles. The number of aliphatic carboxylic acids is 1. The summed E-state index contributed by atoms with van der Waals surface area (Å²) >= 11 is 1.19. The van der Waals surface area contributed by atoms with Crippen molar-refractivity contribution in [2.24, 2.45) is 0 Å². The number of carbonyl (C=O) groups excluding carboxylic acids is 1. The Bertz CT molecular complexity index is 1360. The minimum Gasteiger partial charge on any atom is -0.497 e. The third-order valence-electron chi connectivity index (χ3n) is 7.09. The zero-order chi connectivity index (χ0) is 31.7. The first-order valence-corrected chi connectivity index (χ1v) is 15.8. The van der Waals surface area contributed by atoms with Crippen LogP contribution in [0.4, 0.5) is 0 Å². The molecule has 2 aromatic carbocycles. The number of pyridine rings is 1. The van der Waals surface area contributed by atoms with Crippen LogP contribution >= 0.6 is 11.8 Å². The molecule has 44 heavy (non-hydrogen) atoms. The molecule has 2 N–H and O–H groups in total. The third-order valence-corrected chi connectivity index (χ3v) is 8.00. The summed E-state index contributed by atoms with van der Waals surface area (Å²) in [6.45, 7) is 2.21. The maximum absolute atomic E-state index is 11.5. The summed E-state index contributed by atoms with van der Waals surface area (Å²) in [4.78, 5) is 27.5. The van der Waals surface area contributed by atoms with Crippen LogP contribution < -0.4 is 9.47 Å². The summed E-state index contributed by atoms with van der Waals surface area (Å²) in [6.07, 6.45) is 9.37. The lowest BCUT2D eigenvalue weighted by Gasteiger charge is -2.15. The number of esters is 1. The number of unbranched alkanes of at least 4 members (excludes halogenated alkanes) is 5. The van der Waals surface area contributed by atoms with Crippen LogP contribution in [-0.4, -0.2) is 53.4 Å². The number of thioether (sulfide) groups is 1. The Hall–Kier alpha value is -3.82. The van der Waals surface area contributed by atoms with Gasteiger partial charge in [-0.1, -0.05) is 73.8 Å². The predicted octanol–water partition coefficient (Wildman–Crippen LogP) is 6.91. The maximum atomic E-state index is 11.5. The first-order chi connectivity index (χ1) is 21.3. The van der Waals surface area contributed by atoms with Gasteiger partial charge >= 0.3 is 11.9 Å². The topological polar surface area (TPSA) is 115 Å². The molecule has 0 aliphatic heterocycles. The molecule has 8 nitrogen and oxygen atoms in total. The van der Waals surface area contributed by atoms with Gasteiger partial charge < -0.3 is 24.4 Å². The van der Waals surface area contributed by atoms with Gasteiger partial charge in [0.1, 0.15) is 22.6 Å². The molecule has 0 saturated carbocycles. The molecule has 1 heterocycles. The monoisotopic (exact) mass is 621 g/mol. The van der Waals surface area contributed by atoms with E-state index in [1.54, 1.807) is 26.2 Å². The molecule has 0 bridgehead atoms. The largest absolute Gasteiger partial charge is 0.497 e. The minimum absolute atomic E-state index is 0.199. The molecule has 0 amide bonds. The van der Waals surface area contributed by atoms with Gasteiger partial charge in [0.05, 0.1) is 32.3 Å². The Kier molecular flexibility index (Phi) is 14.8. The molecular formula is C35H43NO7S. The van der Waals surface area contributed by atoms with Crippen molar-refractivity contribution in [3.8, 4) is 11.5 Å². The average molecular weight is 622 g/mol. The number of aryl methyl sites for hydroxylation is 1. The lowest BCUT2D eigenvalue weighted by Crippen LogP contribution is -2.08. The van der Waals surface area contributed by atoms with Crippen LogP contribution in [0, 0.1) is 0 Å². The standard InChI is InChI=1S/C35H43NO7S/c1-25(22-32(37)38)35-30(43-21-9-7-5-4-6-8-10-26-15-17-29(41-2)18-16-26)19-20-31(36-35)44-34(40)24-28-13-11-27(12-14-28)23-33(39)42-3/h11-20,22,34,40H,4-10,21,23-24H2,1-3H3,(H,37,38)/b25-22-. The number of aliphatic hydroxyl groups excluding tert-OH is 1. The number of benzene rings is 2. The summed E-state index contributed by atoms with van der Waals surface area (Å²) in [6, 6.07) is 19.3. The summed E-state index contributed by atoms with van der Waals surface area (Å²) < 4.78 is 15.9. The zero-order valence-electron chi connectivity index (χ0n) is 25.8. The van der Waals surface area contributed by atoms with Crippen LogP contribution in [0.15, 0.2) is 71.8 Å². The molecule has 1 unspecified atom stereocenters. The van der Waals surface area contributed by atoms with E-state index in [0.717, 1.165) is 55.1 Å². The van der Waals surface area contributed by atoms with Gasteiger partial charge in [-0.05, 0) is 72.7 Å². The number of aromatic nitrogens is 1. The molecule has 1 atom stereocenters. The van der Waals surface area contributed by atoms with Crippen molar-refractivity contribution in [3.05, 3.63) is 89.1 Å². The number of aliphatic hydroxyl groups is 1. The number of hydrogen-bond acceptors (Lipinski definition) is 8. The number of allylic oxidation sites excluding steroid dienone is 1. The van der Waals surface area contributed by atoms with Gasteiger partial charge in [0, 0.05) is 12.5 Å². The fraction of sp³-hybridized carbons (Fsp3) is 0.400. The Morgan fingerprint density at radius 1 is 0.864 bits per heavy atom. The number of hydrogen-bond donors (Lipinski definition) is 2. The molecule has 3 rings (SSSR count). The SMILES string of the molecule is COC(=O)Cc1ccc(CC(O)Sc2ccc(OCCCCCCCCc3ccc(OC)cc3)c(/C(C)=C\C(=O)O)n2)cc1. The molecule has 0 aliphatic rings. The van der Waals surface area contributed by atoms with Crippen molar-refractivity contribution >= 4 is 29.3 Å². The van der Waals surface area contributed by atoms with Crippen molar-refractivity contribution in [3.63, 3.8) is 0 Å². The van der Waals surface area contributed by atoms with Gasteiger partial charge in [-0.15, -0.1) is 0 Å². The van der Waals surface area contributed by atoms with Crippen molar-refractivity contribution in [2.75, 3.05) is 20.8 Å². The highest BCUT2D eigenvalue weighted by Gasteiger charge is 2.15. The molecule has 0 saturated heterocycles. The molecule has 0 fully saturated rings. The number of rotatable bonds is 19. The summed E-state index contributed by atoms with van der Waals surface area (Å²) in [5.41, 5.74) is 3.24. The zero-order valence-corrected chi connectivity index (χ0v) is 26.6. The Morgan fingerprint density at radius 3 is 2.16 bits per heavy atom. The number of carboxylic acid groups (broad SMARTS) is 1. The lowest BCUT2D eigenvalue weighted by atomic mass is 10.0. The van der Waals surface area contributed by atoms with Crippen molar-refractivity contribution in [1.29, 1.82) is 0 Å². The van der Waals surface area contributed by atoms with E-state index >= 15 is 0 Å². The summed E-state index contributed by atoms with van der Waals surface area (Å²) in [7, 11) is 3.04. The molecule has 236 valence electrons. The van der Waals surface area contributed by atoms with Gasteiger partial charge in [0.15, 0.2) is 0 Å². The first-order valence-electron chi connectivity index (χ1n) is 14.9. The van der Waals surface area contributed by atoms with E-state index < -0.39 is 11.4 Å². The fourth-order valence-electron chi connectivity index (χ4n) is 4.67. The van der Waals surface area contributed by atoms with Crippen LogP contribution in [0.2, 0.25) is 0 Å². The Morgan fingerprint density at radius 2 is 1.50 bits per heavy atom. The second kappa shape index (κ2) is 18.8. The Labute approximate surface area is 264 Å². The minimum atomic E-state index is -1.06. The van der Waals surface area contributed by atoms with Gasteiger partial charge in [0.25, 0.3) is 0 Å². The van der Waals surface area contributed by atoms with E-state index in [1.807, 2.05) is 36.4 Å². The van der Waals surface area contributed by atoms with Gasteiger partial charge in [-0.25, -0.2) is 9.78 Å². The second-order valence-electron chi connectivity index (χ2n) is 10.6. The van der Waals surface area contributed by atoms with Gasteiger partial charge in [-0.2, -0.15) is 0 Å². The smallest absolute Gasteiger partial charge is 0.328 e. The number of nitrogens with zero attached hydrogens (tertiary/aromatic N) is 1. The van der Waals surface area contributed by atoms with E-state index in [4.69, 9.17) is 14.2 Å². The quantitative estimate of drug-likeness (QED) is 0.0484. The average Bonchev–Trinajstić information content (AvgIpc) is 3.01. The molecular weight excluding hydrogens is 578 g/mol. The summed E-state index contributed by atoms with van der Waals surface area (Å²) in [5.74, 6) is 0.0483. The highest BCUT2D eigenvalue weighted by Crippen LogP contribution is 2.30. The normalized spacial score (nSPS) is 12.0. The van der Waals surface area contributed by atoms with Crippen LogP contribution in [0.1, 0.15) is 67.8 Å². The van der Waals surface area contributed by atoms with Crippen LogP contribution in [0.5, 0.6) is 11.5 Å². The van der Waals surface area contributed by atoms with Crippen LogP contribution in [0.25, 0.3) is 5.57 Å². The number of carbonyl (C=O) groups is 2. The maximum Gasteiger partial charge on any atom is 0.328 e. The molecule has 9 heteroatoms. The molecule has 3 aromatic rings. The van der Waals surface area contributed by atoms with E-state index in [1.165, 1.54) is 37.3 Å². The molecule has 0 spiro atoms.